The normalized spacial score (nSPS) is 12.2. The van der Waals surface area contributed by atoms with Gasteiger partial charge in [0.25, 0.3) is 0 Å². The molecule has 1 aromatic carbocycles. The van der Waals surface area contributed by atoms with Crippen molar-refractivity contribution >= 4 is 12.0 Å². The quantitative estimate of drug-likeness (QED) is 0.785. The molecule has 0 saturated carbocycles. The third kappa shape index (κ3) is 3.88. The fraction of sp³-hybridized carbons (Fsp3) is 0.286. The van der Waals surface area contributed by atoms with Crippen LogP contribution in [-0.4, -0.2) is 23.9 Å². The number of benzene rings is 1. The van der Waals surface area contributed by atoms with Crippen LogP contribution in [0.4, 0.5) is 8.78 Å². The van der Waals surface area contributed by atoms with E-state index in [9.17, 15) is 13.6 Å². The van der Waals surface area contributed by atoms with Gasteiger partial charge in [-0.1, -0.05) is 6.07 Å². The molecule has 1 atom stereocenters. The molecule has 0 radical (unpaired) electrons. The van der Waals surface area contributed by atoms with Crippen molar-refractivity contribution in [1.29, 1.82) is 5.26 Å². The van der Waals surface area contributed by atoms with Gasteiger partial charge in [0.2, 0.25) is 5.91 Å². The minimum atomic E-state index is -0.725. The highest BCUT2D eigenvalue weighted by Gasteiger charge is 2.13. The van der Waals surface area contributed by atoms with Gasteiger partial charge in [0, 0.05) is 24.7 Å². The van der Waals surface area contributed by atoms with Gasteiger partial charge in [-0.25, -0.2) is 8.78 Å². The number of carbonyl (C=O) groups excluding carboxylic acids is 1. The maximum Gasteiger partial charge on any atom is 0.246 e. The summed E-state index contributed by atoms with van der Waals surface area (Å²) in [6, 6.07) is 5.20. The van der Waals surface area contributed by atoms with Crippen molar-refractivity contribution in [3.63, 3.8) is 0 Å². The van der Waals surface area contributed by atoms with E-state index in [1.54, 1.807) is 6.92 Å². The van der Waals surface area contributed by atoms with Crippen molar-refractivity contribution in [2.45, 2.75) is 19.4 Å². The summed E-state index contributed by atoms with van der Waals surface area (Å²) < 4.78 is 26.6. The summed E-state index contributed by atoms with van der Waals surface area (Å²) in [5, 5.41) is 8.54. The lowest BCUT2D eigenvalue weighted by atomic mass is 10.1. The predicted octanol–water partition coefficient (Wildman–Crippen LogP) is 2.74. The third-order valence-corrected chi connectivity index (χ3v) is 2.79. The summed E-state index contributed by atoms with van der Waals surface area (Å²) in [7, 11) is 1.53. The molecule has 19 heavy (non-hydrogen) atoms. The number of halogens is 2. The highest BCUT2D eigenvalue weighted by atomic mass is 19.1. The standard InChI is InChI=1S/C14H14F2N2O/c1-10(8-9-17)18(2)14(19)7-6-11-12(15)4-3-5-13(11)16/h3-7,10H,8H2,1-2H3. The molecule has 1 aromatic rings. The van der Waals surface area contributed by atoms with Crippen LogP contribution in [0, 0.1) is 23.0 Å². The summed E-state index contributed by atoms with van der Waals surface area (Å²) in [5.41, 5.74) is -0.253. The largest absolute Gasteiger partial charge is 0.338 e. The van der Waals surface area contributed by atoms with Gasteiger partial charge in [0.1, 0.15) is 11.6 Å². The van der Waals surface area contributed by atoms with Crippen molar-refractivity contribution in [2.24, 2.45) is 0 Å². The zero-order valence-electron chi connectivity index (χ0n) is 10.7. The lowest BCUT2D eigenvalue weighted by molar-refractivity contribution is -0.126. The van der Waals surface area contributed by atoms with Crippen LogP contribution >= 0.6 is 0 Å². The van der Waals surface area contributed by atoms with Gasteiger partial charge >= 0.3 is 0 Å². The Morgan fingerprint density at radius 3 is 2.58 bits per heavy atom. The van der Waals surface area contributed by atoms with Crippen LogP contribution < -0.4 is 0 Å². The Balaban J connectivity index is 2.82. The van der Waals surface area contributed by atoms with Gasteiger partial charge in [-0.3, -0.25) is 4.79 Å². The van der Waals surface area contributed by atoms with Crippen LogP contribution in [-0.2, 0) is 4.79 Å². The summed E-state index contributed by atoms with van der Waals surface area (Å²) in [6.45, 7) is 1.72. The van der Waals surface area contributed by atoms with E-state index < -0.39 is 17.5 Å². The monoisotopic (exact) mass is 264 g/mol. The van der Waals surface area contributed by atoms with Gasteiger partial charge < -0.3 is 4.90 Å². The van der Waals surface area contributed by atoms with E-state index in [0.29, 0.717) is 0 Å². The average Bonchev–Trinajstić information content (AvgIpc) is 2.37. The number of hydrogen-bond acceptors (Lipinski definition) is 2. The molecule has 1 amide bonds. The van der Waals surface area contributed by atoms with E-state index in [1.165, 1.54) is 18.0 Å². The summed E-state index contributed by atoms with van der Waals surface area (Å²) in [6.07, 6.45) is 2.39. The molecule has 0 N–H and O–H groups in total. The second-order valence-corrected chi connectivity index (χ2v) is 4.13. The van der Waals surface area contributed by atoms with E-state index in [0.717, 1.165) is 24.3 Å². The average molecular weight is 264 g/mol. The van der Waals surface area contributed by atoms with Crippen molar-refractivity contribution in [1.82, 2.24) is 4.90 Å². The molecule has 0 spiro atoms. The van der Waals surface area contributed by atoms with Crippen LogP contribution in [0.2, 0.25) is 0 Å². The molecule has 0 bridgehead atoms. The number of carbonyl (C=O) groups is 1. The SMILES string of the molecule is CC(CC#N)N(C)C(=O)C=Cc1c(F)cccc1F. The van der Waals surface area contributed by atoms with E-state index in [-0.39, 0.29) is 18.0 Å². The number of rotatable bonds is 4. The number of nitriles is 1. The van der Waals surface area contributed by atoms with Crippen LogP contribution in [0.1, 0.15) is 18.9 Å². The molecule has 0 heterocycles. The smallest absolute Gasteiger partial charge is 0.246 e. The fourth-order valence-corrected chi connectivity index (χ4v) is 1.43. The van der Waals surface area contributed by atoms with Crippen LogP contribution in [0.25, 0.3) is 6.08 Å². The first-order chi connectivity index (χ1) is 8.97. The minimum absolute atomic E-state index is 0.199. The molecule has 0 aliphatic carbocycles. The van der Waals surface area contributed by atoms with Gasteiger partial charge in [0.15, 0.2) is 0 Å². The molecule has 3 nitrogen and oxygen atoms in total. The van der Waals surface area contributed by atoms with Crippen molar-refractivity contribution in [2.75, 3.05) is 7.05 Å². The third-order valence-electron chi connectivity index (χ3n) is 2.79. The van der Waals surface area contributed by atoms with Crippen LogP contribution in [0.15, 0.2) is 24.3 Å². The fourth-order valence-electron chi connectivity index (χ4n) is 1.43. The Morgan fingerprint density at radius 2 is 2.05 bits per heavy atom. The summed E-state index contributed by atoms with van der Waals surface area (Å²) in [5.74, 6) is -1.86. The highest BCUT2D eigenvalue weighted by Crippen LogP contribution is 2.14. The molecule has 1 rings (SSSR count). The molecule has 0 fully saturated rings. The van der Waals surface area contributed by atoms with Crippen molar-refractivity contribution < 1.29 is 13.6 Å². The molecule has 1 unspecified atom stereocenters. The minimum Gasteiger partial charge on any atom is -0.338 e. The maximum absolute atomic E-state index is 13.3. The van der Waals surface area contributed by atoms with Crippen LogP contribution in [0.3, 0.4) is 0 Å². The molecule has 100 valence electrons. The zero-order valence-corrected chi connectivity index (χ0v) is 10.7. The highest BCUT2D eigenvalue weighted by molar-refractivity contribution is 5.91. The van der Waals surface area contributed by atoms with E-state index in [2.05, 4.69) is 0 Å². The number of amides is 1. The van der Waals surface area contributed by atoms with Crippen molar-refractivity contribution in [3.8, 4) is 6.07 Å². The lowest BCUT2D eigenvalue weighted by Crippen LogP contribution is -2.33. The predicted molar refractivity (Wildman–Crippen MR) is 67.9 cm³/mol. The van der Waals surface area contributed by atoms with Gasteiger partial charge in [-0.2, -0.15) is 5.26 Å². The van der Waals surface area contributed by atoms with Crippen molar-refractivity contribution in [3.05, 3.63) is 41.5 Å². The Hall–Kier alpha value is -2.22. The Bertz CT molecular complexity index is 514. The molecule has 0 aliphatic heterocycles. The Labute approximate surface area is 110 Å². The zero-order chi connectivity index (χ0) is 14.4. The Morgan fingerprint density at radius 1 is 1.47 bits per heavy atom. The number of nitrogens with zero attached hydrogens (tertiary/aromatic N) is 2. The molecule has 0 aliphatic rings. The second-order valence-electron chi connectivity index (χ2n) is 4.13. The summed E-state index contributed by atoms with van der Waals surface area (Å²) >= 11 is 0. The molecule has 5 heteroatoms. The lowest BCUT2D eigenvalue weighted by Gasteiger charge is -2.21. The molecule has 0 aromatic heterocycles. The van der Waals surface area contributed by atoms with Gasteiger partial charge in [-0.15, -0.1) is 0 Å². The first-order valence-electron chi connectivity index (χ1n) is 5.73. The molecule has 0 saturated heterocycles. The van der Waals surface area contributed by atoms with E-state index in [4.69, 9.17) is 5.26 Å². The second kappa shape index (κ2) is 6.64. The first kappa shape index (κ1) is 14.8. The topological polar surface area (TPSA) is 44.1 Å². The number of likely N-dealkylation sites (N-methyl/N-ethyl adjacent to an activating group) is 1. The number of hydrogen-bond donors (Lipinski definition) is 0. The van der Waals surface area contributed by atoms with Gasteiger partial charge in [-0.05, 0) is 25.1 Å². The Kier molecular flexibility index (Phi) is 5.19. The van der Waals surface area contributed by atoms with E-state index >= 15 is 0 Å². The summed E-state index contributed by atoms with van der Waals surface area (Å²) in [4.78, 5) is 13.1. The molecular formula is C14H14F2N2O. The van der Waals surface area contributed by atoms with Gasteiger partial charge in [0.05, 0.1) is 12.5 Å². The maximum atomic E-state index is 13.3. The molecular weight excluding hydrogens is 250 g/mol. The van der Waals surface area contributed by atoms with E-state index in [1.807, 2.05) is 6.07 Å². The van der Waals surface area contributed by atoms with Crippen LogP contribution in [0.5, 0.6) is 0 Å². The first-order valence-corrected chi connectivity index (χ1v) is 5.73.